The van der Waals surface area contributed by atoms with E-state index in [1.54, 1.807) is 17.9 Å². The summed E-state index contributed by atoms with van der Waals surface area (Å²) in [6, 6.07) is 10.5. The summed E-state index contributed by atoms with van der Waals surface area (Å²) in [5.41, 5.74) is 6.78. The minimum Gasteiger partial charge on any atom is -0.289 e. The fraction of sp³-hybridized carbons (Fsp3) is 0.294. The number of carbonyl (C=O) groups is 1. The van der Waals surface area contributed by atoms with Gasteiger partial charge in [0, 0.05) is 18.3 Å². The number of hydroxylamine groups is 1. The van der Waals surface area contributed by atoms with Crippen LogP contribution < -0.4 is 5.48 Å². The summed E-state index contributed by atoms with van der Waals surface area (Å²) in [6.45, 7) is 0. The van der Waals surface area contributed by atoms with E-state index in [0.29, 0.717) is 6.42 Å². The molecule has 2 N–H and O–H groups in total. The zero-order chi connectivity index (χ0) is 14.7. The van der Waals surface area contributed by atoms with Crippen molar-refractivity contribution in [3.05, 3.63) is 65.0 Å². The smallest absolute Gasteiger partial charge is 0.246 e. The fourth-order valence-corrected chi connectivity index (χ4v) is 2.97. The van der Waals surface area contributed by atoms with E-state index in [9.17, 15) is 4.79 Å². The third kappa shape index (κ3) is 3.11. The Balaban J connectivity index is 1.79. The first-order valence-electron chi connectivity index (χ1n) is 7.20. The van der Waals surface area contributed by atoms with Gasteiger partial charge in [-0.05, 0) is 60.1 Å². The van der Waals surface area contributed by atoms with Crippen molar-refractivity contribution in [1.29, 1.82) is 0 Å². The molecular weight excluding hydrogens is 264 g/mol. The first-order chi connectivity index (χ1) is 10.3. The van der Waals surface area contributed by atoms with Crippen molar-refractivity contribution in [2.45, 2.75) is 25.7 Å². The van der Waals surface area contributed by atoms with Crippen LogP contribution in [0.15, 0.2) is 42.7 Å². The molecule has 0 saturated heterocycles. The zero-order valence-corrected chi connectivity index (χ0v) is 11.7. The van der Waals surface area contributed by atoms with E-state index in [1.807, 2.05) is 12.1 Å². The summed E-state index contributed by atoms with van der Waals surface area (Å²) in [5.74, 6) is -0.404. The Labute approximate surface area is 123 Å². The number of aryl methyl sites for hydroxylation is 1. The molecule has 2 aromatic rings. The molecule has 1 amide bonds. The Morgan fingerprint density at radius 1 is 1.19 bits per heavy atom. The fourth-order valence-electron chi connectivity index (χ4n) is 2.97. The number of aromatic nitrogens is 1. The van der Waals surface area contributed by atoms with Gasteiger partial charge in [-0.15, -0.1) is 0 Å². The average molecular weight is 282 g/mol. The molecule has 4 nitrogen and oxygen atoms in total. The van der Waals surface area contributed by atoms with Gasteiger partial charge < -0.3 is 0 Å². The highest BCUT2D eigenvalue weighted by atomic mass is 16.5. The van der Waals surface area contributed by atoms with Crippen molar-refractivity contribution < 1.29 is 10.0 Å². The predicted molar refractivity (Wildman–Crippen MR) is 78.9 cm³/mol. The zero-order valence-electron chi connectivity index (χ0n) is 11.7. The molecule has 1 aliphatic carbocycles. The normalized spacial score (nSPS) is 17.1. The Kier molecular flexibility index (Phi) is 3.97. The quantitative estimate of drug-likeness (QED) is 0.670. The van der Waals surface area contributed by atoms with Gasteiger partial charge in [0.05, 0.1) is 0 Å². The van der Waals surface area contributed by atoms with Crippen LogP contribution in [0.3, 0.4) is 0 Å². The van der Waals surface area contributed by atoms with Gasteiger partial charge in [0.1, 0.15) is 0 Å². The summed E-state index contributed by atoms with van der Waals surface area (Å²) in [4.78, 5) is 15.6. The second-order valence-corrected chi connectivity index (χ2v) is 5.55. The number of nitrogens with one attached hydrogen (secondary N) is 1. The predicted octanol–water partition coefficient (Wildman–Crippen LogP) is 2.28. The molecule has 1 unspecified atom stereocenters. The van der Waals surface area contributed by atoms with Gasteiger partial charge in [-0.1, -0.05) is 18.2 Å². The van der Waals surface area contributed by atoms with E-state index >= 15 is 0 Å². The average Bonchev–Trinajstić information content (AvgIpc) is 2.54. The van der Waals surface area contributed by atoms with Crippen molar-refractivity contribution in [3.8, 4) is 0 Å². The molecule has 0 radical (unpaired) electrons. The van der Waals surface area contributed by atoms with Crippen molar-refractivity contribution in [2.75, 3.05) is 0 Å². The Bertz CT molecular complexity index is 640. The van der Waals surface area contributed by atoms with Gasteiger partial charge in [0.15, 0.2) is 0 Å². The molecule has 0 bridgehead atoms. The number of nitrogens with zero attached hydrogens (tertiary/aromatic N) is 1. The van der Waals surface area contributed by atoms with Crippen LogP contribution >= 0.6 is 0 Å². The monoisotopic (exact) mass is 282 g/mol. The summed E-state index contributed by atoms with van der Waals surface area (Å²) in [7, 11) is 0. The van der Waals surface area contributed by atoms with E-state index in [4.69, 9.17) is 5.21 Å². The van der Waals surface area contributed by atoms with Crippen LogP contribution in [0.4, 0.5) is 0 Å². The van der Waals surface area contributed by atoms with Gasteiger partial charge in [0.2, 0.25) is 5.91 Å². The van der Waals surface area contributed by atoms with Crippen LogP contribution in [-0.2, 0) is 24.1 Å². The topological polar surface area (TPSA) is 62.2 Å². The molecule has 4 heteroatoms. The Morgan fingerprint density at radius 2 is 2.00 bits per heavy atom. The molecule has 0 fully saturated rings. The number of amides is 1. The summed E-state index contributed by atoms with van der Waals surface area (Å²) < 4.78 is 0. The van der Waals surface area contributed by atoms with Gasteiger partial charge in [-0.3, -0.25) is 15.0 Å². The third-order valence-electron chi connectivity index (χ3n) is 4.14. The molecule has 3 rings (SSSR count). The van der Waals surface area contributed by atoms with E-state index in [2.05, 4.69) is 23.2 Å². The van der Waals surface area contributed by atoms with E-state index < -0.39 is 0 Å². The highest BCUT2D eigenvalue weighted by Gasteiger charge is 2.24. The lowest BCUT2D eigenvalue weighted by atomic mass is 9.82. The van der Waals surface area contributed by atoms with E-state index in [0.717, 1.165) is 19.3 Å². The molecule has 1 heterocycles. The van der Waals surface area contributed by atoms with E-state index in [1.165, 1.54) is 22.3 Å². The number of pyridine rings is 1. The number of fused-ring (bicyclic) bond motifs is 1. The molecule has 0 spiro atoms. The lowest BCUT2D eigenvalue weighted by molar-refractivity contribution is -0.133. The molecule has 108 valence electrons. The van der Waals surface area contributed by atoms with Gasteiger partial charge in [-0.2, -0.15) is 0 Å². The maximum Gasteiger partial charge on any atom is 0.246 e. The van der Waals surface area contributed by atoms with Crippen LogP contribution in [-0.4, -0.2) is 16.1 Å². The molecule has 0 aliphatic heterocycles. The second kappa shape index (κ2) is 6.06. The minimum absolute atomic E-state index is 0.126. The minimum atomic E-state index is -0.278. The van der Waals surface area contributed by atoms with Gasteiger partial charge in [0.25, 0.3) is 0 Å². The summed E-state index contributed by atoms with van der Waals surface area (Å²) in [6.07, 6.45) is 6.86. The molecule has 21 heavy (non-hydrogen) atoms. The molecule has 1 aromatic heterocycles. The molecule has 1 atom stereocenters. The Hall–Kier alpha value is -2.20. The van der Waals surface area contributed by atoms with E-state index in [-0.39, 0.29) is 11.8 Å². The standard InChI is InChI=1S/C17H18N2O2/c20-17(19-21)15-4-3-14-2-1-13(10-16(14)11-15)9-12-5-7-18-8-6-12/h1-2,5-8,10,15,21H,3-4,9,11H2,(H,19,20). The van der Waals surface area contributed by atoms with Crippen molar-refractivity contribution in [2.24, 2.45) is 5.92 Å². The highest BCUT2D eigenvalue weighted by Crippen LogP contribution is 2.27. The lowest BCUT2D eigenvalue weighted by Gasteiger charge is -2.23. The molecule has 0 saturated carbocycles. The maximum absolute atomic E-state index is 11.6. The highest BCUT2D eigenvalue weighted by molar-refractivity contribution is 5.78. The number of benzene rings is 1. The SMILES string of the molecule is O=C(NO)C1CCc2ccc(Cc3ccncc3)cc2C1. The molecule has 1 aromatic carbocycles. The van der Waals surface area contributed by atoms with Crippen LogP contribution in [0.25, 0.3) is 0 Å². The van der Waals surface area contributed by atoms with Gasteiger partial charge in [-0.25, -0.2) is 5.48 Å². The van der Waals surface area contributed by atoms with Crippen molar-refractivity contribution >= 4 is 5.91 Å². The molecule has 1 aliphatic rings. The number of rotatable bonds is 3. The Morgan fingerprint density at radius 3 is 2.76 bits per heavy atom. The summed E-state index contributed by atoms with van der Waals surface area (Å²) >= 11 is 0. The first-order valence-corrected chi connectivity index (χ1v) is 7.20. The number of hydrogen-bond donors (Lipinski definition) is 2. The van der Waals surface area contributed by atoms with Crippen molar-refractivity contribution in [3.63, 3.8) is 0 Å². The largest absolute Gasteiger partial charge is 0.289 e. The third-order valence-corrected chi connectivity index (χ3v) is 4.14. The van der Waals surface area contributed by atoms with Crippen LogP contribution in [0, 0.1) is 5.92 Å². The molecular formula is C17H18N2O2. The van der Waals surface area contributed by atoms with Gasteiger partial charge >= 0.3 is 0 Å². The van der Waals surface area contributed by atoms with Crippen LogP contribution in [0.2, 0.25) is 0 Å². The lowest BCUT2D eigenvalue weighted by Crippen LogP contribution is -2.31. The first kappa shape index (κ1) is 13.8. The van der Waals surface area contributed by atoms with Crippen LogP contribution in [0.1, 0.15) is 28.7 Å². The number of hydrogen-bond acceptors (Lipinski definition) is 3. The summed E-state index contributed by atoms with van der Waals surface area (Å²) in [5, 5.41) is 8.78. The van der Waals surface area contributed by atoms with Crippen molar-refractivity contribution in [1.82, 2.24) is 10.5 Å². The van der Waals surface area contributed by atoms with Crippen LogP contribution in [0.5, 0.6) is 0 Å². The maximum atomic E-state index is 11.6. The second-order valence-electron chi connectivity index (χ2n) is 5.55. The number of carbonyl (C=O) groups excluding carboxylic acids is 1.